The molecule has 0 aliphatic carbocycles. The van der Waals surface area contributed by atoms with Crippen LogP contribution in [0.25, 0.3) is 33.1 Å². The minimum atomic E-state index is -0.301. The number of para-hydroxylation sites is 1. The highest BCUT2D eigenvalue weighted by Gasteiger charge is 2.19. The molecule has 0 bridgehead atoms. The van der Waals surface area contributed by atoms with E-state index < -0.39 is 0 Å². The van der Waals surface area contributed by atoms with Crippen LogP contribution in [0.5, 0.6) is 11.5 Å². The van der Waals surface area contributed by atoms with Crippen LogP contribution >= 0.6 is 0 Å². The molecule has 44 heavy (non-hydrogen) atoms. The van der Waals surface area contributed by atoms with E-state index in [2.05, 4.69) is 13.8 Å². The number of hydrogen-bond donors (Lipinski definition) is 0. The number of fused-ring (bicyclic) bond motifs is 2. The summed E-state index contributed by atoms with van der Waals surface area (Å²) >= 11 is 0. The summed E-state index contributed by atoms with van der Waals surface area (Å²) in [4.78, 5) is 19.0. The lowest BCUT2D eigenvalue weighted by atomic mass is 9.96. The average Bonchev–Trinajstić information content (AvgIpc) is 3.04. The summed E-state index contributed by atoms with van der Waals surface area (Å²) < 4.78 is 26.7. The summed E-state index contributed by atoms with van der Waals surface area (Å²) in [6.45, 7) is 6.42. The highest BCUT2D eigenvalue weighted by Crippen LogP contribution is 2.34. The van der Waals surface area contributed by atoms with E-state index in [0.29, 0.717) is 28.0 Å². The lowest BCUT2D eigenvalue weighted by Crippen LogP contribution is -2.21. The van der Waals surface area contributed by atoms with Crippen LogP contribution in [0.15, 0.2) is 107 Å². The van der Waals surface area contributed by atoms with Crippen molar-refractivity contribution in [2.75, 3.05) is 7.11 Å². The van der Waals surface area contributed by atoms with Gasteiger partial charge in [-0.15, -0.1) is 0 Å². The van der Waals surface area contributed by atoms with Gasteiger partial charge in [0.15, 0.2) is 5.82 Å². The summed E-state index contributed by atoms with van der Waals surface area (Å²) in [5, 5.41) is 7.18. The van der Waals surface area contributed by atoms with E-state index in [1.54, 1.807) is 31.5 Å². The Morgan fingerprint density at radius 2 is 1.64 bits per heavy atom. The molecule has 0 fully saturated rings. The summed E-state index contributed by atoms with van der Waals surface area (Å²) in [6, 6.07) is 29.3. The van der Waals surface area contributed by atoms with E-state index in [1.165, 1.54) is 16.8 Å². The standard InChI is InChI=1S/C37H32FN3O3/c1-23(2)30-20-31(24(3)19-35(30)43-4)36-40-33-12-8-7-11-29(33)37(42)41(36)39-21-32-28-10-6-5-9-26(28)15-18-34(32)44-22-25-13-16-27(38)17-14-25/h5-21,23H,22H2,1-4H3. The van der Waals surface area contributed by atoms with Crippen molar-refractivity contribution in [2.24, 2.45) is 5.10 Å². The molecule has 0 aliphatic rings. The fraction of sp³-hybridized carbons (Fsp3) is 0.162. The van der Waals surface area contributed by atoms with Gasteiger partial charge in [-0.25, -0.2) is 9.37 Å². The molecule has 0 saturated carbocycles. The smallest absolute Gasteiger partial charge is 0.282 e. The van der Waals surface area contributed by atoms with Crippen LogP contribution in [0.3, 0.4) is 0 Å². The summed E-state index contributed by atoms with van der Waals surface area (Å²) in [5.74, 6) is 1.69. The quantitative estimate of drug-likeness (QED) is 0.169. The second-order valence-corrected chi connectivity index (χ2v) is 11.0. The molecule has 6 aromatic rings. The van der Waals surface area contributed by atoms with Gasteiger partial charge in [-0.05, 0) is 82.8 Å². The maximum Gasteiger partial charge on any atom is 0.282 e. The van der Waals surface area contributed by atoms with Gasteiger partial charge in [-0.1, -0.05) is 68.4 Å². The Morgan fingerprint density at radius 3 is 2.39 bits per heavy atom. The van der Waals surface area contributed by atoms with Gasteiger partial charge < -0.3 is 9.47 Å². The number of methoxy groups -OCH3 is 1. The molecule has 220 valence electrons. The molecule has 0 aliphatic heterocycles. The topological polar surface area (TPSA) is 65.7 Å². The van der Waals surface area contributed by atoms with Crippen LogP contribution < -0.4 is 15.0 Å². The largest absolute Gasteiger partial charge is 0.496 e. The van der Waals surface area contributed by atoms with Crippen molar-refractivity contribution in [1.29, 1.82) is 0 Å². The molecule has 5 aromatic carbocycles. The highest BCUT2D eigenvalue weighted by molar-refractivity contribution is 6.02. The first-order valence-electron chi connectivity index (χ1n) is 14.5. The van der Waals surface area contributed by atoms with E-state index in [0.717, 1.165) is 38.8 Å². The molecule has 0 amide bonds. The molecule has 6 rings (SSSR count). The zero-order valence-electron chi connectivity index (χ0n) is 25.0. The number of aryl methyl sites for hydroxylation is 1. The molecule has 7 heteroatoms. The first-order chi connectivity index (χ1) is 21.3. The minimum absolute atomic E-state index is 0.185. The number of halogens is 1. The number of nitrogens with zero attached hydrogens (tertiary/aromatic N) is 3. The summed E-state index contributed by atoms with van der Waals surface area (Å²) in [6.07, 6.45) is 1.66. The number of aromatic nitrogens is 2. The monoisotopic (exact) mass is 585 g/mol. The Morgan fingerprint density at radius 1 is 0.909 bits per heavy atom. The summed E-state index contributed by atoms with van der Waals surface area (Å²) in [5.41, 5.74) is 4.56. The van der Waals surface area contributed by atoms with Crippen molar-refractivity contribution in [2.45, 2.75) is 33.3 Å². The number of hydrogen-bond acceptors (Lipinski definition) is 5. The Bertz CT molecular complexity index is 2080. The fourth-order valence-corrected chi connectivity index (χ4v) is 5.36. The molecular weight excluding hydrogens is 553 g/mol. The van der Waals surface area contributed by atoms with Crippen LogP contribution in [0, 0.1) is 12.7 Å². The molecule has 0 radical (unpaired) electrons. The zero-order valence-corrected chi connectivity index (χ0v) is 25.0. The van der Waals surface area contributed by atoms with Crippen molar-refractivity contribution < 1.29 is 13.9 Å². The van der Waals surface area contributed by atoms with Crippen LogP contribution in [0.1, 0.15) is 42.0 Å². The molecule has 6 nitrogen and oxygen atoms in total. The van der Waals surface area contributed by atoms with Gasteiger partial charge in [0.1, 0.15) is 23.9 Å². The molecule has 1 aromatic heterocycles. The van der Waals surface area contributed by atoms with Gasteiger partial charge in [0.25, 0.3) is 5.56 Å². The van der Waals surface area contributed by atoms with E-state index >= 15 is 0 Å². The third-order valence-corrected chi connectivity index (χ3v) is 7.73. The molecule has 0 saturated heterocycles. The lowest BCUT2D eigenvalue weighted by Gasteiger charge is -2.17. The Kier molecular flexibility index (Phi) is 7.94. The van der Waals surface area contributed by atoms with Gasteiger partial charge in [-0.3, -0.25) is 4.79 Å². The normalized spacial score (nSPS) is 11.6. The van der Waals surface area contributed by atoms with E-state index in [-0.39, 0.29) is 23.9 Å². The molecular formula is C37H32FN3O3. The number of benzene rings is 5. The third kappa shape index (κ3) is 5.56. The number of ether oxygens (including phenoxy) is 2. The lowest BCUT2D eigenvalue weighted by molar-refractivity contribution is 0.306. The van der Waals surface area contributed by atoms with Gasteiger partial charge >= 0.3 is 0 Å². The Labute approximate surface area is 255 Å². The zero-order chi connectivity index (χ0) is 30.8. The van der Waals surface area contributed by atoms with Crippen molar-refractivity contribution >= 4 is 27.9 Å². The fourth-order valence-electron chi connectivity index (χ4n) is 5.36. The van der Waals surface area contributed by atoms with Crippen LogP contribution in [0.2, 0.25) is 0 Å². The van der Waals surface area contributed by atoms with Crippen molar-refractivity contribution in [1.82, 2.24) is 9.66 Å². The predicted molar refractivity (Wildman–Crippen MR) is 174 cm³/mol. The van der Waals surface area contributed by atoms with E-state index in [1.807, 2.05) is 73.7 Å². The van der Waals surface area contributed by atoms with E-state index in [4.69, 9.17) is 19.6 Å². The van der Waals surface area contributed by atoms with Gasteiger partial charge in [-0.2, -0.15) is 9.78 Å². The average molecular weight is 586 g/mol. The van der Waals surface area contributed by atoms with Gasteiger partial charge in [0, 0.05) is 11.1 Å². The van der Waals surface area contributed by atoms with Crippen molar-refractivity contribution in [3.05, 3.63) is 135 Å². The maximum atomic E-state index is 14.0. The maximum absolute atomic E-state index is 14.0. The molecule has 0 N–H and O–H groups in total. The molecule has 1 heterocycles. The first-order valence-corrected chi connectivity index (χ1v) is 14.5. The highest BCUT2D eigenvalue weighted by atomic mass is 19.1. The van der Waals surface area contributed by atoms with Crippen LogP contribution in [0.4, 0.5) is 4.39 Å². The first kappa shape index (κ1) is 28.8. The minimum Gasteiger partial charge on any atom is -0.496 e. The Hall–Kier alpha value is -5.30. The molecule has 0 unspecified atom stereocenters. The second kappa shape index (κ2) is 12.1. The van der Waals surface area contributed by atoms with Gasteiger partial charge in [0.05, 0.1) is 24.2 Å². The van der Waals surface area contributed by atoms with E-state index in [9.17, 15) is 9.18 Å². The van der Waals surface area contributed by atoms with Crippen LogP contribution in [-0.2, 0) is 6.61 Å². The van der Waals surface area contributed by atoms with Crippen molar-refractivity contribution in [3.8, 4) is 22.9 Å². The number of rotatable bonds is 8. The Balaban J connectivity index is 1.53. The molecule has 0 atom stereocenters. The second-order valence-electron chi connectivity index (χ2n) is 11.0. The summed E-state index contributed by atoms with van der Waals surface area (Å²) in [7, 11) is 1.66. The predicted octanol–water partition coefficient (Wildman–Crippen LogP) is 8.26. The third-order valence-electron chi connectivity index (χ3n) is 7.73. The SMILES string of the molecule is COc1cc(C)c(-c2nc3ccccc3c(=O)n2N=Cc2c(OCc3ccc(F)cc3)ccc3ccccc23)cc1C(C)C. The van der Waals surface area contributed by atoms with Gasteiger partial charge in [0.2, 0.25) is 0 Å². The molecule has 0 spiro atoms. The van der Waals surface area contributed by atoms with Crippen molar-refractivity contribution in [3.63, 3.8) is 0 Å². The van der Waals surface area contributed by atoms with Crippen LogP contribution in [-0.4, -0.2) is 23.0 Å².